The second-order valence-corrected chi connectivity index (χ2v) is 7.13. The summed E-state index contributed by atoms with van der Waals surface area (Å²) < 4.78 is 5.23. The maximum atomic E-state index is 12.5. The minimum atomic E-state index is -0.492. The highest BCUT2D eigenvalue weighted by molar-refractivity contribution is 6.30. The molecule has 0 spiro atoms. The van der Waals surface area contributed by atoms with Gasteiger partial charge < -0.3 is 15.4 Å². The first-order chi connectivity index (χ1) is 13.3. The maximum Gasteiger partial charge on any atom is 0.314 e. The third-order valence-corrected chi connectivity index (χ3v) is 4.21. The third kappa shape index (κ3) is 6.39. The SMILES string of the molecule is CC(=O)Nc1cccc(NC(=O)COC(=O)[C@@H](c2ccc(Cl)cc2)C(C)C)c1. The van der Waals surface area contributed by atoms with Crippen LogP contribution in [0.25, 0.3) is 0 Å². The van der Waals surface area contributed by atoms with E-state index in [2.05, 4.69) is 10.6 Å². The Balaban J connectivity index is 1.96. The highest BCUT2D eigenvalue weighted by Gasteiger charge is 2.26. The van der Waals surface area contributed by atoms with E-state index in [0.717, 1.165) is 5.56 Å². The zero-order chi connectivity index (χ0) is 20.7. The summed E-state index contributed by atoms with van der Waals surface area (Å²) in [6.45, 7) is 4.82. The number of anilines is 2. The van der Waals surface area contributed by atoms with Crippen LogP contribution in [0, 0.1) is 5.92 Å². The van der Waals surface area contributed by atoms with E-state index < -0.39 is 24.4 Å². The zero-order valence-electron chi connectivity index (χ0n) is 16.0. The molecule has 0 radical (unpaired) electrons. The molecule has 0 saturated heterocycles. The van der Waals surface area contributed by atoms with Crippen LogP contribution < -0.4 is 10.6 Å². The Hall–Kier alpha value is -2.86. The molecule has 0 aliphatic rings. The van der Waals surface area contributed by atoms with Crippen molar-refractivity contribution < 1.29 is 19.1 Å². The number of hydrogen-bond acceptors (Lipinski definition) is 4. The molecular formula is C21H23ClN2O4. The first kappa shape index (κ1) is 21.4. The molecule has 148 valence electrons. The van der Waals surface area contributed by atoms with Gasteiger partial charge in [0.2, 0.25) is 5.91 Å². The van der Waals surface area contributed by atoms with Crippen LogP contribution >= 0.6 is 11.6 Å². The molecule has 2 rings (SSSR count). The largest absolute Gasteiger partial charge is 0.455 e. The van der Waals surface area contributed by atoms with Gasteiger partial charge in [-0.2, -0.15) is 0 Å². The number of rotatable bonds is 7. The second kappa shape index (κ2) is 9.90. The van der Waals surface area contributed by atoms with Crippen molar-refractivity contribution >= 4 is 40.8 Å². The summed E-state index contributed by atoms with van der Waals surface area (Å²) in [4.78, 5) is 35.8. The number of benzene rings is 2. The summed E-state index contributed by atoms with van der Waals surface area (Å²) in [5, 5.41) is 5.86. The topological polar surface area (TPSA) is 84.5 Å². The van der Waals surface area contributed by atoms with E-state index in [1.165, 1.54) is 6.92 Å². The number of amides is 2. The summed E-state index contributed by atoms with van der Waals surface area (Å²) in [5.41, 5.74) is 1.84. The molecule has 28 heavy (non-hydrogen) atoms. The standard InChI is InChI=1S/C21H23ClN2O4/c1-13(2)20(15-7-9-16(22)10-8-15)21(27)28-12-19(26)24-18-6-4-5-17(11-18)23-14(3)25/h4-11,13,20H,12H2,1-3H3,(H,23,25)(H,24,26)/t20-/m1/s1. The van der Waals surface area contributed by atoms with Crippen LogP contribution in [0.5, 0.6) is 0 Å². The molecular weight excluding hydrogens is 380 g/mol. The summed E-state index contributed by atoms with van der Waals surface area (Å²) in [5.74, 6) is -1.65. The number of nitrogens with one attached hydrogen (secondary N) is 2. The van der Waals surface area contributed by atoms with Crippen molar-refractivity contribution in [3.05, 3.63) is 59.1 Å². The van der Waals surface area contributed by atoms with Crippen molar-refractivity contribution in [3.63, 3.8) is 0 Å². The van der Waals surface area contributed by atoms with Gasteiger partial charge in [-0.05, 0) is 41.8 Å². The van der Waals surface area contributed by atoms with Gasteiger partial charge in [0.15, 0.2) is 6.61 Å². The van der Waals surface area contributed by atoms with Gasteiger partial charge in [0.1, 0.15) is 0 Å². The first-order valence-electron chi connectivity index (χ1n) is 8.86. The van der Waals surface area contributed by atoms with Gasteiger partial charge in [-0.25, -0.2) is 0 Å². The number of carbonyl (C=O) groups is 3. The molecule has 2 amide bonds. The number of halogens is 1. The van der Waals surface area contributed by atoms with E-state index in [1.807, 2.05) is 13.8 Å². The third-order valence-electron chi connectivity index (χ3n) is 3.96. The molecule has 2 aromatic carbocycles. The van der Waals surface area contributed by atoms with E-state index in [-0.39, 0.29) is 11.8 Å². The molecule has 0 bridgehead atoms. The van der Waals surface area contributed by atoms with E-state index in [1.54, 1.807) is 48.5 Å². The van der Waals surface area contributed by atoms with Gasteiger partial charge in [-0.15, -0.1) is 0 Å². The summed E-state index contributed by atoms with van der Waals surface area (Å²) in [7, 11) is 0. The summed E-state index contributed by atoms with van der Waals surface area (Å²) >= 11 is 5.90. The van der Waals surface area contributed by atoms with E-state index in [9.17, 15) is 14.4 Å². The highest BCUT2D eigenvalue weighted by atomic mass is 35.5. The molecule has 0 heterocycles. The lowest BCUT2D eigenvalue weighted by Crippen LogP contribution is -2.26. The number of hydrogen-bond donors (Lipinski definition) is 2. The van der Waals surface area contributed by atoms with Gasteiger partial charge >= 0.3 is 5.97 Å². The molecule has 0 saturated carbocycles. The van der Waals surface area contributed by atoms with Crippen LogP contribution in [0.1, 0.15) is 32.3 Å². The Morgan fingerprint density at radius 2 is 1.61 bits per heavy atom. The molecule has 0 fully saturated rings. The fraction of sp³-hybridized carbons (Fsp3) is 0.286. The molecule has 2 aromatic rings. The van der Waals surface area contributed by atoms with Crippen molar-refractivity contribution in [2.75, 3.05) is 17.2 Å². The first-order valence-corrected chi connectivity index (χ1v) is 9.23. The molecule has 1 atom stereocenters. The normalized spacial score (nSPS) is 11.6. The van der Waals surface area contributed by atoms with Gasteiger partial charge in [0.25, 0.3) is 5.91 Å². The van der Waals surface area contributed by atoms with Crippen molar-refractivity contribution in [2.24, 2.45) is 5.92 Å². The van der Waals surface area contributed by atoms with Crippen molar-refractivity contribution in [1.29, 1.82) is 0 Å². The summed E-state index contributed by atoms with van der Waals surface area (Å²) in [6.07, 6.45) is 0. The number of esters is 1. The van der Waals surface area contributed by atoms with Crippen LogP contribution in [0.3, 0.4) is 0 Å². The minimum Gasteiger partial charge on any atom is -0.455 e. The van der Waals surface area contributed by atoms with Gasteiger partial charge in [0, 0.05) is 23.3 Å². The Kier molecular flexibility index (Phi) is 7.58. The predicted molar refractivity (Wildman–Crippen MR) is 109 cm³/mol. The zero-order valence-corrected chi connectivity index (χ0v) is 16.7. The van der Waals surface area contributed by atoms with Gasteiger partial charge in [0.05, 0.1) is 5.92 Å². The molecule has 0 aromatic heterocycles. The second-order valence-electron chi connectivity index (χ2n) is 6.69. The average molecular weight is 403 g/mol. The lowest BCUT2D eigenvalue weighted by Gasteiger charge is -2.20. The van der Waals surface area contributed by atoms with Crippen LogP contribution in [0.15, 0.2) is 48.5 Å². The van der Waals surface area contributed by atoms with Gasteiger partial charge in [-0.1, -0.05) is 43.6 Å². The summed E-state index contributed by atoms with van der Waals surface area (Å²) in [6, 6.07) is 13.7. The number of ether oxygens (including phenoxy) is 1. The quantitative estimate of drug-likeness (QED) is 0.679. The van der Waals surface area contributed by atoms with E-state index in [4.69, 9.17) is 16.3 Å². The van der Waals surface area contributed by atoms with Crippen molar-refractivity contribution in [3.8, 4) is 0 Å². The predicted octanol–water partition coefficient (Wildman–Crippen LogP) is 4.22. The molecule has 0 unspecified atom stereocenters. The Morgan fingerprint density at radius 3 is 2.18 bits per heavy atom. The van der Waals surface area contributed by atoms with Crippen LogP contribution in [-0.2, 0) is 19.1 Å². The van der Waals surface area contributed by atoms with E-state index >= 15 is 0 Å². The fourth-order valence-electron chi connectivity index (χ4n) is 2.76. The van der Waals surface area contributed by atoms with Gasteiger partial charge in [-0.3, -0.25) is 14.4 Å². The molecule has 0 aliphatic carbocycles. The van der Waals surface area contributed by atoms with Crippen LogP contribution in [0.2, 0.25) is 5.02 Å². The fourth-order valence-corrected chi connectivity index (χ4v) is 2.89. The minimum absolute atomic E-state index is 0.00827. The lowest BCUT2D eigenvalue weighted by molar-refractivity contribution is -0.149. The smallest absolute Gasteiger partial charge is 0.314 e. The lowest BCUT2D eigenvalue weighted by atomic mass is 9.88. The highest BCUT2D eigenvalue weighted by Crippen LogP contribution is 2.27. The molecule has 0 aliphatic heterocycles. The maximum absolute atomic E-state index is 12.5. The molecule has 7 heteroatoms. The van der Waals surface area contributed by atoms with E-state index in [0.29, 0.717) is 16.4 Å². The Bertz CT molecular complexity index is 850. The van der Waals surface area contributed by atoms with Crippen LogP contribution in [0.4, 0.5) is 11.4 Å². The van der Waals surface area contributed by atoms with Crippen molar-refractivity contribution in [2.45, 2.75) is 26.7 Å². The molecule has 2 N–H and O–H groups in total. The average Bonchev–Trinajstić information content (AvgIpc) is 2.61. The Labute approximate surface area is 169 Å². The Morgan fingerprint density at radius 1 is 1.00 bits per heavy atom. The van der Waals surface area contributed by atoms with Crippen molar-refractivity contribution in [1.82, 2.24) is 0 Å². The monoisotopic (exact) mass is 402 g/mol. The van der Waals surface area contributed by atoms with Crippen LogP contribution in [-0.4, -0.2) is 24.4 Å². The number of carbonyl (C=O) groups excluding carboxylic acids is 3. The molecule has 6 nitrogen and oxygen atoms in total.